The van der Waals surface area contributed by atoms with Crippen molar-refractivity contribution in [1.29, 1.82) is 5.26 Å². The number of nitrogens with two attached hydrogens (primary N) is 2. The number of aryl methyl sites for hydroxylation is 1. The first-order chi connectivity index (χ1) is 14.9. The molecule has 1 aromatic heterocycles. The van der Waals surface area contributed by atoms with Gasteiger partial charge in [0.05, 0.1) is 48.1 Å². The van der Waals surface area contributed by atoms with Gasteiger partial charge in [-0.05, 0) is 38.5 Å². The average molecular weight is 421 g/mol. The maximum atomic E-state index is 13.0. The van der Waals surface area contributed by atoms with E-state index in [0.29, 0.717) is 46.3 Å². The molecule has 0 radical (unpaired) electrons. The molecule has 10 heteroatoms. The number of amides is 1. The highest BCUT2D eigenvalue weighted by atomic mass is 16.5. The van der Waals surface area contributed by atoms with Crippen molar-refractivity contribution in [2.75, 3.05) is 18.7 Å². The third kappa shape index (κ3) is 3.67. The molecule has 0 fully saturated rings. The molecule has 0 aliphatic carbocycles. The minimum atomic E-state index is -0.690. The van der Waals surface area contributed by atoms with Crippen LogP contribution in [-0.2, 0) is 4.79 Å². The molecular weight excluding hydrogens is 398 g/mol. The van der Waals surface area contributed by atoms with E-state index in [1.807, 2.05) is 13.8 Å². The third-order valence-corrected chi connectivity index (χ3v) is 5.14. The van der Waals surface area contributed by atoms with Gasteiger partial charge in [0.2, 0.25) is 5.88 Å². The lowest BCUT2D eigenvalue weighted by Crippen LogP contribution is -2.38. The minimum Gasteiger partial charge on any atom is -0.496 e. The van der Waals surface area contributed by atoms with Gasteiger partial charge >= 0.3 is 0 Å². The van der Waals surface area contributed by atoms with Gasteiger partial charge in [0.15, 0.2) is 0 Å². The molecule has 1 aromatic carbocycles. The largest absolute Gasteiger partial charge is 0.496 e. The summed E-state index contributed by atoms with van der Waals surface area (Å²) in [6.07, 6.45) is 1.66. The molecular formula is C21H23N7O3. The molecule has 0 saturated carbocycles. The van der Waals surface area contributed by atoms with Crippen molar-refractivity contribution < 1.29 is 14.3 Å². The summed E-state index contributed by atoms with van der Waals surface area (Å²) in [6.45, 7) is 5.78. The van der Waals surface area contributed by atoms with E-state index in [4.69, 9.17) is 21.2 Å². The maximum absolute atomic E-state index is 13.0. The van der Waals surface area contributed by atoms with Gasteiger partial charge in [0, 0.05) is 17.5 Å². The number of anilines is 1. The van der Waals surface area contributed by atoms with Crippen LogP contribution in [0.2, 0.25) is 0 Å². The van der Waals surface area contributed by atoms with Crippen LogP contribution in [0.25, 0.3) is 0 Å². The Labute approximate surface area is 179 Å². The topological polar surface area (TPSA) is 152 Å². The Morgan fingerprint density at radius 3 is 2.74 bits per heavy atom. The first kappa shape index (κ1) is 21.7. The van der Waals surface area contributed by atoms with Crippen molar-refractivity contribution in [3.63, 3.8) is 0 Å². The SMILES string of the molecule is CCOc1ncc(C)c2c1[C@H](c1ccc(C#N)cc1OC)C(C(=O)N=NN)=C(C)N2N. The molecule has 0 unspecified atom stereocenters. The number of hydrogen-bond donors (Lipinski definition) is 2. The predicted octanol–water partition coefficient (Wildman–Crippen LogP) is 2.62. The summed E-state index contributed by atoms with van der Waals surface area (Å²) < 4.78 is 11.4. The number of methoxy groups -OCH3 is 1. The zero-order chi connectivity index (χ0) is 22.7. The Morgan fingerprint density at radius 1 is 1.39 bits per heavy atom. The van der Waals surface area contributed by atoms with Crippen molar-refractivity contribution in [2.24, 2.45) is 22.0 Å². The predicted molar refractivity (Wildman–Crippen MR) is 113 cm³/mol. The Bertz CT molecular complexity index is 1130. The summed E-state index contributed by atoms with van der Waals surface area (Å²) in [5.74, 6) is 11.0. The van der Waals surface area contributed by atoms with Crippen LogP contribution in [0.4, 0.5) is 5.69 Å². The summed E-state index contributed by atoms with van der Waals surface area (Å²) in [5, 5.41) is 17.4. The van der Waals surface area contributed by atoms with Crippen molar-refractivity contribution in [2.45, 2.75) is 26.7 Å². The van der Waals surface area contributed by atoms with E-state index in [1.54, 1.807) is 31.3 Å². The van der Waals surface area contributed by atoms with Crippen LogP contribution in [0.3, 0.4) is 0 Å². The van der Waals surface area contributed by atoms with Crippen molar-refractivity contribution >= 4 is 11.6 Å². The molecule has 1 atom stereocenters. The fourth-order valence-corrected chi connectivity index (χ4v) is 3.80. The number of hydrazine groups is 1. The number of allylic oxidation sites excluding steroid dienone is 1. The van der Waals surface area contributed by atoms with E-state index in [9.17, 15) is 10.1 Å². The standard InChI is InChI=1S/C21H23N7O3/c1-5-31-21-18-17(14-7-6-13(9-22)8-15(14)30-4)16(20(29)26-27-23)12(3)28(24)19(18)11(2)10-25-21/h6-8,10,17H,5,24H2,1-4H3,(H2,23,26,29)/t17-/m1/s1. The van der Waals surface area contributed by atoms with Gasteiger partial charge in [-0.15, -0.1) is 0 Å². The zero-order valence-corrected chi connectivity index (χ0v) is 17.7. The zero-order valence-electron chi connectivity index (χ0n) is 17.7. The highest BCUT2D eigenvalue weighted by molar-refractivity contribution is 5.99. The molecule has 1 amide bonds. The quantitative estimate of drug-likeness (QED) is 0.424. The number of ether oxygens (including phenoxy) is 2. The average Bonchev–Trinajstić information content (AvgIpc) is 2.77. The second-order valence-electron chi connectivity index (χ2n) is 6.83. The number of pyridine rings is 1. The van der Waals surface area contributed by atoms with Crippen molar-refractivity contribution in [1.82, 2.24) is 4.98 Å². The van der Waals surface area contributed by atoms with Crippen LogP contribution in [0, 0.1) is 18.3 Å². The molecule has 160 valence electrons. The molecule has 2 heterocycles. The summed E-state index contributed by atoms with van der Waals surface area (Å²) >= 11 is 0. The number of nitriles is 1. The first-order valence-electron chi connectivity index (χ1n) is 9.50. The van der Waals surface area contributed by atoms with Gasteiger partial charge in [-0.3, -0.25) is 9.80 Å². The van der Waals surface area contributed by atoms with E-state index >= 15 is 0 Å². The van der Waals surface area contributed by atoms with E-state index in [2.05, 4.69) is 21.4 Å². The molecule has 1 aliphatic heterocycles. The maximum Gasteiger partial charge on any atom is 0.295 e. The van der Waals surface area contributed by atoms with Gasteiger partial charge in [-0.25, -0.2) is 10.8 Å². The number of nitrogens with zero attached hydrogens (tertiary/aromatic N) is 5. The van der Waals surface area contributed by atoms with Crippen molar-refractivity contribution in [3.05, 3.63) is 57.9 Å². The van der Waals surface area contributed by atoms with Gasteiger partial charge in [-0.2, -0.15) is 5.26 Å². The highest BCUT2D eigenvalue weighted by Gasteiger charge is 2.40. The highest BCUT2D eigenvalue weighted by Crippen LogP contribution is 2.50. The Balaban J connectivity index is 2.44. The van der Waals surface area contributed by atoms with Crippen LogP contribution in [0.5, 0.6) is 11.6 Å². The van der Waals surface area contributed by atoms with Gasteiger partial charge < -0.3 is 15.3 Å². The van der Waals surface area contributed by atoms with Gasteiger partial charge in [0.1, 0.15) is 5.75 Å². The molecule has 1 aliphatic rings. The van der Waals surface area contributed by atoms with E-state index < -0.39 is 11.8 Å². The lowest BCUT2D eigenvalue weighted by Gasteiger charge is -2.36. The van der Waals surface area contributed by atoms with Crippen LogP contribution in [0.15, 0.2) is 46.0 Å². The Hall–Kier alpha value is -3.97. The number of carbonyl (C=O) groups is 1. The number of aromatic nitrogens is 1. The molecule has 0 saturated heterocycles. The smallest absolute Gasteiger partial charge is 0.295 e. The van der Waals surface area contributed by atoms with Crippen LogP contribution < -0.4 is 26.2 Å². The fourth-order valence-electron chi connectivity index (χ4n) is 3.80. The van der Waals surface area contributed by atoms with Gasteiger partial charge in [-0.1, -0.05) is 16.4 Å². The Kier molecular flexibility index (Phi) is 6.17. The second-order valence-corrected chi connectivity index (χ2v) is 6.83. The number of fused-ring (bicyclic) bond motifs is 1. The molecule has 3 rings (SSSR count). The summed E-state index contributed by atoms with van der Waals surface area (Å²) in [4.78, 5) is 17.4. The molecule has 0 bridgehead atoms. The van der Waals surface area contributed by atoms with E-state index in [1.165, 1.54) is 12.1 Å². The number of hydrogen-bond acceptors (Lipinski definition) is 8. The number of benzene rings is 1. The first-order valence-corrected chi connectivity index (χ1v) is 9.50. The molecule has 2 aromatic rings. The lowest BCUT2D eigenvalue weighted by molar-refractivity contribution is -0.115. The molecule has 10 nitrogen and oxygen atoms in total. The van der Waals surface area contributed by atoms with Crippen LogP contribution >= 0.6 is 0 Å². The van der Waals surface area contributed by atoms with Gasteiger partial charge in [0.25, 0.3) is 5.91 Å². The van der Waals surface area contributed by atoms with Crippen LogP contribution in [0.1, 0.15) is 42.0 Å². The Morgan fingerprint density at radius 2 is 2.13 bits per heavy atom. The molecule has 0 spiro atoms. The molecule has 31 heavy (non-hydrogen) atoms. The monoisotopic (exact) mass is 421 g/mol. The third-order valence-electron chi connectivity index (χ3n) is 5.14. The fraction of sp³-hybridized carbons (Fsp3) is 0.286. The second kappa shape index (κ2) is 8.81. The normalized spacial score (nSPS) is 15.6. The lowest BCUT2D eigenvalue weighted by atomic mass is 9.79. The van der Waals surface area contributed by atoms with E-state index in [0.717, 1.165) is 5.56 Å². The summed E-state index contributed by atoms with van der Waals surface area (Å²) in [6, 6.07) is 7.08. The summed E-state index contributed by atoms with van der Waals surface area (Å²) in [5.41, 5.74) is 3.81. The van der Waals surface area contributed by atoms with Crippen molar-refractivity contribution in [3.8, 4) is 17.7 Å². The number of carbonyl (C=O) groups excluding carboxylic acids is 1. The van der Waals surface area contributed by atoms with Crippen LogP contribution in [-0.4, -0.2) is 24.6 Å². The number of rotatable bonds is 5. The molecule has 4 N–H and O–H groups in total. The summed E-state index contributed by atoms with van der Waals surface area (Å²) in [7, 11) is 1.49. The van der Waals surface area contributed by atoms with E-state index in [-0.39, 0.29) is 5.57 Å². The minimum absolute atomic E-state index is 0.251.